The molecule has 96 valence electrons. The molecule has 1 aromatic carbocycles. The smallest absolute Gasteiger partial charge is 0.311 e. The van der Waals surface area contributed by atoms with E-state index < -0.39 is 4.92 Å². The van der Waals surface area contributed by atoms with Crippen LogP contribution >= 0.6 is 15.9 Å². The molecule has 18 heavy (non-hydrogen) atoms. The molecule has 1 rings (SSSR count). The Morgan fingerprint density at radius 3 is 2.89 bits per heavy atom. The van der Waals surface area contributed by atoms with E-state index >= 15 is 0 Å². The Morgan fingerprint density at radius 1 is 1.61 bits per heavy atom. The summed E-state index contributed by atoms with van der Waals surface area (Å²) in [7, 11) is 0. The summed E-state index contributed by atoms with van der Waals surface area (Å²) in [4.78, 5) is 12.3. The van der Waals surface area contributed by atoms with E-state index in [1.165, 1.54) is 6.07 Å². The van der Waals surface area contributed by atoms with Crippen LogP contribution in [0.3, 0.4) is 0 Å². The number of ether oxygens (including phenoxy) is 1. The molecule has 1 unspecified atom stereocenters. The summed E-state index contributed by atoms with van der Waals surface area (Å²) in [5, 5.41) is 11.0. The molecule has 0 N–H and O–H groups in total. The number of halogens is 1. The SMILES string of the molecule is C=CCOc1ccc(C(C)C=CBr)cc1[N+](=O)[O-]. The lowest BCUT2D eigenvalue weighted by molar-refractivity contribution is -0.385. The van der Waals surface area contributed by atoms with Crippen molar-refractivity contribution in [2.45, 2.75) is 12.8 Å². The molecular formula is C13H14BrNO3. The molecule has 0 fully saturated rings. The zero-order valence-electron chi connectivity index (χ0n) is 10.0. The third-order valence-electron chi connectivity index (χ3n) is 2.42. The fourth-order valence-electron chi connectivity index (χ4n) is 1.45. The standard InChI is InChI=1S/C13H14BrNO3/c1-3-8-18-13-5-4-11(10(2)6-7-14)9-12(13)15(16)17/h3-7,9-10H,1,8H2,2H3. The second-order valence-electron chi connectivity index (χ2n) is 3.69. The predicted octanol–water partition coefficient (Wildman–Crippen LogP) is 4.17. The summed E-state index contributed by atoms with van der Waals surface area (Å²) in [5.41, 5.74) is 0.840. The molecule has 0 saturated carbocycles. The highest BCUT2D eigenvalue weighted by Crippen LogP contribution is 2.31. The molecular weight excluding hydrogens is 298 g/mol. The molecule has 0 aromatic heterocycles. The lowest BCUT2D eigenvalue weighted by atomic mass is 10.0. The van der Waals surface area contributed by atoms with Gasteiger partial charge in [-0.3, -0.25) is 10.1 Å². The van der Waals surface area contributed by atoms with Crippen LogP contribution in [0.5, 0.6) is 5.75 Å². The first-order valence-corrected chi connectivity index (χ1v) is 6.30. The van der Waals surface area contributed by atoms with Gasteiger partial charge in [0.2, 0.25) is 0 Å². The van der Waals surface area contributed by atoms with Gasteiger partial charge in [-0.15, -0.1) is 0 Å². The second kappa shape index (κ2) is 6.96. The Kier molecular flexibility index (Phi) is 5.58. The minimum atomic E-state index is -0.438. The number of benzene rings is 1. The number of nitrogens with zero attached hydrogens (tertiary/aromatic N) is 1. The molecule has 5 heteroatoms. The van der Waals surface area contributed by atoms with Crippen LogP contribution in [0.1, 0.15) is 18.4 Å². The first-order valence-electron chi connectivity index (χ1n) is 5.39. The molecule has 1 aromatic rings. The molecule has 0 aliphatic heterocycles. The van der Waals surface area contributed by atoms with Gasteiger partial charge in [-0.25, -0.2) is 0 Å². The Balaban J connectivity index is 3.10. The van der Waals surface area contributed by atoms with Gasteiger partial charge in [0.25, 0.3) is 0 Å². The van der Waals surface area contributed by atoms with Gasteiger partial charge in [-0.05, 0) is 16.6 Å². The van der Waals surface area contributed by atoms with Crippen molar-refractivity contribution in [3.8, 4) is 5.75 Å². The predicted molar refractivity (Wildman–Crippen MR) is 75.3 cm³/mol. The largest absolute Gasteiger partial charge is 0.483 e. The summed E-state index contributed by atoms with van der Waals surface area (Å²) in [6.07, 6.45) is 3.46. The highest BCUT2D eigenvalue weighted by atomic mass is 79.9. The summed E-state index contributed by atoms with van der Waals surface area (Å²) in [6, 6.07) is 4.98. The van der Waals surface area contributed by atoms with E-state index in [4.69, 9.17) is 4.74 Å². The monoisotopic (exact) mass is 311 g/mol. The Morgan fingerprint density at radius 2 is 2.33 bits per heavy atom. The maximum Gasteiger partial charge on any atom is 0.311 e. The van der Waals surface area contributed by atoms with Crippen LogP contribution in [0.4, 0.5) is 5.69 Å². The van der Waals surface area contributed by atoms with Crippen LogP contribution in [0.15, 0.2) is 41.9 Å². The molecule has 4 nitrogen and oxygen atoms in total. The third kappa shape index (κ3) is 3.70. The first-order chi connectivity index (χ1) is 8.60. The minimum Gasteiger partial charge on any atom is -0.483 e. The zero-order chi connectivity index (χ0) is 13.5. The van der Waals surface area contributed by atoms with Crippen molar-refractivity contribution in [3.63, 3.8) is 0 Å². The quantitative estimate of drug-likeness (QED) is 0.450. The summed E-state index contributed by atoms with van der Waals surface area (Å²) in [6.45, 7) is 5.72. The number of allylic oxidation sites excluding steroid dienone is 1. The van der Waals surface area contributed by atoms with Gasteiger partial charge in [0.15, 0.2) is 5.75 Å². The van der Waals surface area contributed by atoms with Crippen LogP contribution in [0.2, 0.25) is 0 Å². The van der Waals surface area contributed by atoms with Gasteiger partial charge in [-0.1, -0.05) is 47.7 Å². The van der Waals surface area contributed by atoms with Crippen molar-refractivity contribution < 1.29 is 9.66 Å². The van der Waals surface area contributed by atoms with E-state index in [2.05, 4.69) is 22.5 Å². The van der Waals surface area contributed by atoms with Gasteiger partial charge >= 0.3 is 5.69 Å². The van der Waals surface area contributed by atoms with Crippen LogP contribution in [-0.4, -0.2) is 11.5 Å². The first kappa shape index (κ1) is 14.4. The number of nitro benzene ring substituents is 1. The van der Waals surface area contributed by atoms with Gasteiger partial charge in [0, 0.05) is 12.0 Å². The zero-order valence-corrected chi connectivity index (χ0v) is 11.6. The second-order valence-corrected chi connectivity index (χ2v) is 4.22. The maximum atomic E-state index is 11.0. The van der Waals surface area contributed by atoms with E-state index in [1.807, 2.05) is 19.1 Å². The normalized spacial score (nSPS) is 12.3. The lowest BCUT2D eigenvalue weighted by Gasteiger charge is -2.09. The van der Waals surface area contributed by atoms with Crippen LogP contribution in [0.25, 0.3) is 0 Å². The molecule has 1 atom stereocenters. The Bertz CT molecular complexity index is 471. The lowest BCUT2D eigenvalue weighted by Crippen LogP contribution is -2.00. The number of nitro groups is 1. The molecule has 0 aliphatic carbocycles. The maximum absolute atomic E-state index is 11.0. The van der Waals surface area contributed by atoms with Crippen molar-refractivity contribution in [1.29, 1.82) is 0 Å². The van der Waals surface area contributed by atoms with Crippen LogP contribution < -0.4 is 4.74 Å². The molecule has 0 spiro atoms. The average Bonchev–Trinajstić information content (AvgIpc) is 2.36. The van der Waals surface area contributed by atoms with E-state index in [-0.39, 0.29) is 24.0 Å². The van der Waals surface area contributed by atoms with Crippen molar-refractivity contribution >= 4 is 21.6 Å². The highest BCUT2D eigenvalue weighted by molar-refractivity contribution is 9.11. The number of rotatable bonds is 6. The van der Waals surface area contributed by atoms with Crippen LogP contribution in [-0.2, 0) is 0 Å². The van der Waals surface area contributed by atoms with Crippen LogP contribution in [0, 0.1) is 10.1 Å². The van der Waals surface area contributed by atoms with Crippen molar-refractivity contribution in [2.75, 3.05) is 6.61 Å². The van der Waals surface area contributed by atoms with E-state index in [0.29, 0.717) is 0 Å². The summed E-state index contributed by atoms with van der Waals surface area (Å²) < 4.78 is 5.26. The third-order valence-corrected chi connectivity index (χ3v) is 2.73. The molecule has 0 amide bonds. The van der Waals surface area contributed by atoms with Gasteiger partial charge < -0.3 is 4.74 Å². The number of hydrogen-bond acceptors (Lipinski definition) is 3. The summed E-state index contributed by atoms with van der Waals surface area (Å²) >= 11 is 3.19. The molecule has 0 radical (unpaired) electrons. The highest BCUT2D eigenvalue weighted by Gasteiger charge is 2.17. The number of hydrogen-bond donors (Lipinski definition) is 0. The average molecular weight is 312 g/mol. The van der Waals surface area contributed by atoms with Gasteiger partial charge in [-0.2, -0.15) is 0 Å². The van der Waals surface area contributed by atoms with Gasteiger partial charge in [0.1, 0.15) is 6.61 Å². The van der Waals surface area contributed by atoms with E-state index in [1.54, 1.807) is 17.1 Å². The molecule has 0 heterocycles. The molecule has 0 saturated heterocycles. The fourth-order valence-corrected chi connectivity index (χ4v) is 1.91. The minimum absolute atomic E-state index is 0.0239. The fraction of sp³-hybridized carbons (Fsp3) is 0.231. The topological polar surface area (TPSA) is 52.4 Å². The van der Waals surface area contributed by atoms with Crippen molar-refractivity contribution in [1.82, 2.24) is 0 Å². The van der Waals surface area contributed by atoms with E-state index in [9.17, 15) is 10.1 Å². The van der Waals surface area contributed by atoms with Crippen molar-refractivity contribution in [3.05, 3.63) is 57.6 Å². The molecule has 0 bridgehead atoms. The Labute approximate surface area is 114 Å². The van der Waals surface area contributed by atoms with Crippen molar-refractivity contribution in [2.24, 2.45) is 0 Å². The van der Waals surface area contributed by atoms with E-state index in [0.717, 1.165) is 5.56 Å². The molecule has 0 aliphatic rings. The summed E-state index contributed by atoms with van der Waals surface area (Å²) in [5.74, 6) is 0.357. The van der Waals surface area contributed by atoms with Gasteiger partial charge in [0.05, 0.1) is 4.92 Å². The Hall–Kier alpha value is -1.62.